The molecular weight excluding hydrogens is 278 g/mol. The first-order valence-electron chi connectivity index (χ1n) is 6.38. The van der Waals surface area contributed by atoms with E-state index >= 15 is 0 Å². The minimum atomic E-state index is -0.426. The summed E-state index contributed by atoms with van der Waals surface area (Å²) in [5.74, 6) is -0.124. The molecule has 0 unspecified atom stereocenters. The molecule has 0 saturated carbocycles. The molecule has 1 aromatic rings. The fourth-order valence-corrected chi connectivity index (χ4v) is 2.80. The second-order valence-corrected chi connectivity index (χ2v) is 6.27. The van der Waals surface area contributed by atoms with Crippen molar-refractivity contribution < 1.29 is 9.59 Å². The number of carbonyl (C=O) groups is 2. The summed E-state index contributed by atoms with van der Waals surface area (Å²) < 4.78 is 3.73. The summed E-state index contributed by atoms with van der Waals surface area (Å²) >= 11 is 1.16. The van der Waals surface area contributed by atoms with Gasteiger partial charge in [0.15, 0.2) is 5.69 Å². The zero-order chi connectivity index (χ0) is 14.9. The van der Waals surface area contributed by atoms with Crippen molar-refractivity contribution in [3.63, 3.8) is 0 Å². The zero-order valence-electron chi connectivity index (χ0n) is 12.2. The van der Waals surface area contributed by atoms with Crippen molar-refractivity contribution in [1.82, 2.24) is 24.3 Å². The quantitative estimate of drug-likeness (QED) is 0.767. The normalized spacial score (nSPS) is 18.0. The molecule has 0 aromatic carbocycles. The molecule has 2 heterocycles. The highest BCUT2D eigenvalue weighted by molar-refractivity contribution is 7.03. The van der Waals surface area contributed by atoms with Crippen LogP contribution in [0.4, 0.5) is 4.79 Å². The number of hydrogen-bond donors (Lipinski definition) is 0. The van der Waals surface area contributed by atoms with Crippen LogP contribution in [0.3, 0.4) is 0 Å². The summed E-state index contributed by atoms with van der Waals surface area (Å²) in [7, 11) is 3.46. The van der Waals surface area contributed by atoms with Crippen molar-refractivity contribution in [2.24, 2.45) is 0 Å². The van der Waals surface area contributed by atoms with Gasteiger partial charge in [-0.2, -0.15) is 0 Å². The van der Waals surface area contributed by atoms with Crippen molar-refractivity contribution in [1.29, 1.82) is 0 Å². The lowest BCUT2D eigenvalue weighted by Gasteiger charge is -2.47. The van der Waals surface area contributed by atoms with Crippen molar-refractivity contribution >= 4 is 23.5 Å². The van der Waals surface area contributed by atoms with Gasteiger partial charge in [0.1, 0.15) is 0 Å². The van der Waals surface area contributed by atoms with Gasteiger partial charge in [0.05, 0.1) is 5.54 Å². The number of carbonyl (C=O) groups excluding carboxylic acids is 2. The predicted octanol–water partition coefficient (Wildman–Crippen LogP) is 0.756. The molecule has 1 aliphatic heterocycles. The minimum absolute atomic E-state index is 0.0273. The Bertz CT molecular complexity index is 500. The fourth-order valence-electron chi connectivity index (χ4n) is 2.37. The summed E-state index contributed by atoms with van der Waals surface area (Å²) in [5, 5.41) is 5.48. The lowest BCUT2D eigenvalue weighted by Crippen LogP contribution is -2.63. The van der Waals surface area contributed by atoms with Crippen LogP contribution in [0.5, 0.6) is 0 Å². The summed E-state index contributed by atoms with van der Waals surface area (Å²) in [6.07, 6.45) is 0. The molecule has 0 aliphatic carbocycles. The Kier molecular flexibility index (Phi) is 3.94. The Labute approximate surface area is 122 Å². The molecule has 2 rings (SSSR count). The highest BCUT2D eigenvalue weighted by atomic mass is 32.1. The third-order valence-electron chi connectivity index (χ3n) is 3.38. The molecule has 0 atom stereocenters. The summed E-state index contributed by atoms with van der Waals surface area (Å²) in [5.41, 5.74) is -0.0552. The monoisotopic (exact) mass is 297 g/mol. The van der Waals surface area contributed by atoms with Crippen LogP contribution in [0.1, 0.15) is 24.3 Å². The Morgan fingerprint density at radius 3 is 2.55 bits per heavy atom. The average Bonchev–Trinajstić information content (AvgIpc) is 2.89. The summed E-state index contributed by atoms with van der Waals surface area (Å²) in [6, 6.07) is -0.0273. The summed E-state index contributed by atoms with van der Waals surface area (Å²) in [6.45, 7) is 5.46. The standard InChI is InChI=1S/C12H19N5O2S/c1-12(2)8-16(11(19)15(3)4)5-6-17(12)10(18)9-7-20-14-13-9/h7H,5-6,8H2,1-4H3. The van der Waals surface area contributed by atoms with Gasteiger partial charge in [0.25, 0.3) is 5.91 Å². The van der Waals surface area contributed by atoms with Crippen molar-refractivity contribution in [2.75, 3.05) is 33.7 Å². The van der Waals surface area contributed by atoms with E-state index in [0.29, 0.717) is 25.3 Å². The Hall–Kier alpha value is -1.70. The van der Waals surface area contributed by atoms with E-state index < -0.39 is 5.54 Å². The second-order valence-electron chi connectivity index (χ2n) is 5.66. The molecular formula is C12H19N5O2S. The van der Waals surface area contributed by atoms with E-state index in [1.54, 1.807) is 34.2 Å². The van der Waals surface area contributed by atoms with Crippen LogP contribution in [-0.4, -0.2) is 75.5 Å². The van der Waals surface area contributed by atoms with E-state index in [0.717, 1.165) is 11.5 Å². The predicted molar refractivity (Wildman–Crippen MR) is 75.7 cm³/mol. The number of nitrogens with zero attached hydrogens (tertiary/aromatic N) is 5. The van der Waals surface area contributed by atoms with Gasteiger partial charge in [-0.25, -0.2) is 4.79 Å². The molecule has 7 nitrogen and oxygen atoms in total. The Morgan fingerprint density at radius 2 is 2.05 bits per heavy atom. The van der Waals surface area contributed by atoms with E-state index in [1.165, 1.54) is 0 Å². The van der Waals surface area contributed by atoms with Crippen molar-refractivity contribution in [2.45, 2.75) is 19.4 Å². The first-order valence-corrected chi connectivity index (χ1v) is 7.22. The van der Waals surface area contributed by atoms with Gasteiger partial charge < -0.3 is 14.7 Å². The van der Waals surface area contributed by atoms with Gasteiger partial charge in [0, 0.05) is 39.1 Å². The first-order chi connectivity index (χ1) is 9.33. The second kappa shape index (κ2) is 5.35. The van der Waals surface area contributed by atoms with Gasteiger partial charge in [-0.1, -0.05) is 4.49 Å². The SMILES string of the molecule is CN(C)C(=O)N1CCN(C(=O)c2csnn2)C(C)(C)C1. The van der Waals surface area contributed by atoms with Gasteiger partial charge in [0.2, 0.25) is 0 Å². The molecule has 1 aliphatic rings. The molecule has 0 radical (unpaired) electrons. The highest BCUT2D eigenvalue weighted by Crippen LogP contribution is 2.23. The lowest BCUT2D eigenvalue weighted by atomic mass is 9.98. The smallest absolute Gasteiger partial charge is 0.319 e. The highest BCUT2D eigenvalue weighted by Gasteiger charge is 2.39. The number of rotatable bonds is 1. The molecule has 1 fully saturated rings. The Morgan fingerprint density at radius 1 is 1.35 bits per heavy atom. The maximum Gasteiger partial charge on any atom is 0.319 e. The number of amides is 3. The molecule has 8 heteroatoms. The molecule has 20 heavy (non-hydrogen) atoms. The van der Waals surface area contributed by atoms with Crippen molar-refractivity contribution in [3.8, 4) is 0 Å². The van der Waals surface area contributed by atoms with Crippen LogP contribution in [0, 0.1) is 0 Å². The topological polar surface area (TPSA) is 69.6 Å². The first kappa shape index (κ1) is 14.7. The molecule has 1 saturated heterocycles. The molecule has 0 bridgehead atoms. The van der Waals surface area contributed by atoms with Crippen molar-refractivity contribution in [3.05, 3.63) is 11.1 Å². The van der Waals surface area contributed by atoms with Gasteiger partial charge in [-0.05, 0) is 25.4 Å². The van der Waals surface area contributed by atoms with Crippen LogP contribution in [-0.2, 0) is 0 Å². The molecule has 3 amide bonds. The third-order valence-corrected chi connectivity index (χ3v) is 3.88. The third kappa shape index (κ3) is 2.74. The molecule has 1 aromatic heterocycles. The van der Waals surface area contributed by atoms with Gasteiger partial charge in [-0.3, -0.25) is 4.79 Å². The van der Waals surface area contributed by atoms with E-state index in [2.05, 4.69) is 9.59 Å². The number of aromatic nitrogens is 2. The van der Waals surface area contributed by atoms with E-state index in [-0.39, 0.29) is 11.9 Å². The van der Waals surface area contributed by atoms with Gasteiger partial charge in [-0.15, -0.1) is 5.10 Å². The maximum atomic E-state index is 12.4. The zero-order valence-corrected chi connectivity index (χ0v) is 13.0. The van der Waals surface area contributed by atoms with Gasteiger partial charge >= 0.3 is 6.03 Å². The lowest BCUT2D eigenvalue weighted by molar-refractivity contribution is 0.0236. The minimum Gasteiger partial charge on any atom is -0.331 e. The van der Waals surface area contributed by atoms with Crippen LogP contribution >= 0.6 is 11.5 Å². The van der Waals surface area contributed by atoms with E-state index in [1.807, 2.05) is 13.8 Å². The van der Waals surface area contributed by atoms with E-state index in [4.69, 9.17) is 0 Å². The number of urea groups is 1. The number of hydrogen-bond acceptors (Lipinski definition) is 5. The largest absolute Gasteiger partial charge is 0.331 e. The molecule has 110 valence electrons. The van der Waals surface area contributed by atoms with Crippen LogP contribution in [0.25, 0.3) is 0 Å². The average molecular weight is 297 g/mol. The molecule has 0 spiro atoms. The summed E-state index contributed by atoms with van der Waals surface area (Å²) in [4.78, 5) is 29.5. The maximum absolute atomic E-state index is 12.4. The van der Waals surface area contributed by atoms with Crippen LogP contribution in [0.2, 0.25) is 0 Å². The molecule has 0 N–H and O–H groups in total. The number of piperazine rings is 1. The Balaban J connectivity index is 2.12. The van der Waals surface area contributed by atoms with Crippen LogP contribution in [0.15, 0.2) is 5.38 Å². The fraction of sp³-hybridized carbons (Fsp3) is 0.667. The van der Waals surface area contributed by atoms with E-state index in [9.17, 15) is 9.59 Å². The van der Waals surface area contributed by atoms with Crippen LogP contribution < -0.4 is 0 Å².